The lowest BCUT2D eigenvalue weighted by atomic mass is 10.4. The lowest BCUT2D eigenvalue weighted by Crippen LogP contribution is -2.24. The lowest BCUT2D eigenvalue weighted by molar-refractivity contribution is 0.0276. The molecule has 0 atom stereocenters. The second kappa shape index (κ2) is 5.98. The third kappa shape index (κ3) is 5.73. The van der Waals surface area contributed by atoms with Crippen molar-refractivity contribution in [3.05, 3.63) is 0 Å². The van der Waals surface area contributed by atoms with Gasteiger partial charge in [-0.05, 0) is 13.5 Å². The molecule has 0 aromatic heterocycles. The maximum Gasteiger partial charge on any atom is 0.0415 e. The van der Waals surface area contributed by atoms with Crippen LogP contribution in [0.5, 0.6) is 0 Å². The molecule has 0 radical (unpaired) electrons. The first kappa shape index (κ1) is 8.85. The topological polar surface area (TPSA) is 15.3 Å². The van der Waals surface area contributed by atoms with Gasteiger partial charge in [0, 0.05) is 19.6 Å². The second-order valence-corrected chi connectivity index (χ2v) is 2.01. The van der Waals surface area contributed by atoms with Gasteiger partial charge < -0.3 is 5.32 Å². The third-order valence-electron chi connectivity index (χ3n) is 1.07. The molecule has 0 rings (SSSR count). The summed E-state index contributed by atoms with van der Waals surface area (Å²) in [6.45, 7) is 3.72. The van der Waals surface area contributed by atoms with Crippen LogP contribution in [-0.4, -0.2) is 31.8 Å². The van der Waals surface area contributed by atoms with Crippen molar-refractivity contribution in [2.45, 2.75) is 13.3 Å². The highest BCUT2D eigenvalue weighted by Gasteiger charge is 1.96. The minimum atomic E-state index is 0.490. The highest BCUT2D eigenvalue weighted by molar-refractivity contribution is 4.45. The van der Waals surface area contributed by atoms with Crippen LogP contribution in [0, 0.1) is 0 Å². The van der Waals surface area contributed by atoms with Crippen LogP contribution in [0.25, 0.3) is 0 Å². The first-order valence-corrected chi connectivity index (χ1v) is 3.36. The van der Waals surface area contributed by atoms with E-state index >= 15 is 0 Å². The molecule has 0 aliphatic carbocycles. The molecule has 9 heavy (non-hydrogen) atoms. The zero-order chi connectivity index (χ0) is 7.11. The fraction of sp³-hybridized carbons (Fsp3) is 1.00. The Balaban J connectivity index is 2.95. The fourth-order valence-electron chi connectivity index (χ4n) is 0.588. The average molecular weight is 134 g/mol. The number of rotatable bonds is 5. The summed E-state index contributed by atoms with van der Waals surface area (Å²) >= 11 is 0. The quantitative estimate of drug-likeness (QED) is 0.559. The minimum Gasteiger partial charge on any atom is -0.318 e. The summed E-state index contributed by atoms with van der Waals surface area (Å²) in [4.78, 5) is 0. The SMILES string of the molecule is CCCN(F)CCNC. The molecular formula is C6H15FN2. The van der Waals surface area contributed by atoms with Crippen LogP contribution in [0.3, 0.4) is 0 Å². The Labute approximate surface area is 56.0 Å². The molecule has 3 heteroatoms. The Kier molecular flexibility index (Phi) is 5.88. The Bertz CT molecular complexity index is 59.0. The van der Waals surface area contributed by atoms with Crippen LogP contribution >= 0.6 is 0 Å². The molecule has 0 aliphatic heterocycles. The predicted octanol–water partition coefficient (Wildman–Crippen LogP) is 0.802. The van der Waals surface area contributed by atoms with Crippen LogP contribution in [0.1, 0.15) is 13.3 Å². The lowest BCUT2D eigenvalue weighted by Gasteiger charge is -2.08. The first-order chi connectivity index (χ1) is 4.31. The average Bonchev–Trinajstić information content (AvgIpc) is 1.85. The molecule has 0 heterocycles. The van der Waals surface area contributed by atoms with E-state index in [4.69, 9.17) is 0 Å². The van der Waals surface area contributed by atoms with E-state index in [9.17, 15) is 4.48 Å². The van der Waals surface area contributed by atoms with Crippen molar-refractivity contribution in [2.75, 3.05) is 26.7 Å². The molecule has 0 saturated heterocycles. The van der Waals surface area contributed by atoms with Gasteiger partial charge in [0.1, 0.15) is 0 Å². The van der Waals surface area contributed by atoms with Crippen molar-refractivity contribution >= 4 is 0 Å². The fourth-order valence-corrected chi connectivity index (χ4v) is 0.588. The highest BCUT2D eigenvalue weighted by Crippen LogP contribution is 1.88. The van der Waals surface area contributed by atoms with Crippen molar-refractivity contribution in [1.82, 2.24) is 10.4 Å². The Hall–Kier alpha value is -0.150. The molecule has 0 amide bonds. The smallest absolute Gasteiger partial charge is 0.0415 e. The van der Waals surface area contributed by atoms with Gasteiger partial charge in [0.15, 0.2) is 0 Å². The summed E-state index contributed by atoms with van der Waals surface area (Å²) in [6, 6.07) is 0. The zero-order valence-corrected chi connectivity index (χ0v) is 6.15. The summed E-state index contributed by atoms with van der Waals surface area (Å²) in [5.41, 5.74) is 0. The van der Waals surface area contributed by atoms with Crippen LogP contribution in [0.4, 0.5) is 4.48 Å². The zero-order valence-electron chi connectivity index (χ0n) is 6.15. The minimum absolute atomic E-state index is 0.490. The maximum absolute atomic E-state index is 12.4. The van der Waals surface area contributed by atoms with Crippen LogP contribution in [0.15, 0.2) is 0 Å². The van der Waals surface area contributed by atoms with Gasteiger partial charge >= 0.3 is 0 Å². The van der Waals surface area contributed by atoms with E-state index < -0.39 is 0 Å². The number of nitrogens with zero attached hydrogens (tertiary/aromatic N) is 1. The van der Waals surface area contributed by atoms with E-state index in [2.05, 4.69) is 5.32 Å². The number of hydrogen-bond donors (Lipinski definition) is 1. The summed E-state index contributed by atoms with van der Waals surface area (Å²) in [6.07, 6.45) is 0.875. The van der Waals surface area contributed by atoms with E-state index in [-0.39, 0.29) is 0 Å². The van der Waals surface area contributed by atoms with E-state index in [1.54, 1.807) is 0 Å². The Morgan fingerprint density at radius 2 is 2.11 bits per heavy atom. The van der Waals surface area contributed by atoms with Crippen LogP contribution in [0.2, 0.25) is 0 Å². The Morgan fingerprint density at radius 1 is 1.44 bits per heavy atom. The molecule has 1 N–H and O–H groups in total. The van der Waals surface area contributed by atoms with E-state index in [0.29, 0.717) is 13.1 Å². The number of likely N-dealkylation sites (N-methyl/N-ethyl adjacent to an activating group) is 1. The largest absolute Gasteiger partial charge is 0.318 e. The van der Waals surface area contributed by atoms with Gasteiger partial charge in [-0.2, -0.15) is 0 Å². The molecule has 0 fully saturated rings. The summed E-state index contributed by atoms with van der Waals surface area (Å²) in [7, 11) is 1.82. The Morgan fingerprint density at radius 3 is 2.56 bits per heavy atom. The van der Waals surface area contributed by atoms with Crippen LogP contribution in [-0.2, 0) is 0 Å². The van der Waals surface area contributed by atoms with Gasteiger partial charge in [0.05, 0.1) is 0 Å². The molecular weight excluding hydrogens is 119 g/mol. The van der Waals surface area contributed by atoms with Crippen LogP contribution < -0.4 is 5.32 Å². The van der Waals surface area contributed by atoms with E-state index in [1.807, 2.05) is 14.0 Å². The summed E-state index contributed by atoms with van der Waals surface area (Å²) < 4.78 is 12.4. The molecule has 0 aromatic carbocycles. The first-order valence-electron chi connectivity index (χ1n) is 3.36. The van der Waals surface area contributed by atoms with Crippen molar-refractivity contribution in [3.8, 4) is 0 Å². The van der Waals surface area contributed by atoms with Gasteiger partial charge in [-0.1, -0.05) is 6.92 Å². The monoisotopic (exact) mass is 134 g/mol. The third-order valence-corrected chi connectivity index (χ3v) is 1.07. The van der Waals surface area contributed by atoms with Crippen molar-refractivity contribution in [3.63, 3.8) is 0 Å². The van der Waals surface area contributed by atoms with Gasteiger partial charge in [-0.3, -0.25) is 0 Å². The van der Waals surface area contributed by atoms with Gasteiger partial charge in [0.2, 0.25) is 0 Å². The molecule has 0 aliphatic rings. The summed E-state index contributed by atoms with van der Waals surface area (Å²) in [5.74, 6) is 0. The molecule has 2 nitrogen and oxygen atoms in total. The molecule has 56 valence electrons. The molecule has 0 spiro atoms. The molecule has 0 unspecified atom stereocenters. The van der Waals surface area contributed by atoms with E-state index in [1.165, 1.54) is 0 Å². The standard InChI is InChI=1S/C6H15FN2/c1-3-5-9(7)6-4-8-2/h8H,3-6H2,1-2H3. The van der Waals surface area contributed by atoms with Gasteiger partial charge in [-0.15, -0.1) is 9.60 Å². The normalized spacial score (nSPS) is 10.7. The summed E-state index contributed by atoms with van der Waals surface area (Å²) in [5, 5.41) is 3.71. The number of hydrogen-bond acceptors (Lipinski definition) is 2. The van der Waals surface area contributed by atoms with Crippen molar-refractivity contribution in [2.24, 2.45) is 0 Å². The molecule has 0 saturated carbocycles. The van der Waals surface area contributed by atoms with Crippen molar-refractivity contribution in [1.29, 1.82) is 0 Å². The molecule has 0 bridgehead atoms. The number of nitrogens with one attached hydrogen (secondary N) is 1. The van der Waals surface area contributed by atoms with Gasteiger partial charge in [0.25, 0.3) is 0 Å². The van der Waals surface area contributed by atoms with Gasteiger partial charge in [-0.25, -0.2) is 0 Å². The van der Waals surface area contributed by atoms with Crippen molar-refractivity contribution < 1.29 is 4.48 Å². The second-order valence-electron chi connectivity index (χ2n) is 2.01. The predicted molar refractivity (Wildman–Crippen MR) is 36.9 cm³/mol. The molecule has 0 aromatic rings. The van der Waals surface area contributed by atoms with E-state index in [0.717, 1.165) is 18.1 Å². The number of halogens is 1. The maximum atomic E-state index is 12.4. The highest BCUT2D eigenvalue weighted by atomic mass is 19.2.